The third kappa shape index (κ3) is 5.04. The SMILES string of the molecule is COc1ccc(S(=O)(=O)N(CC(=O)Nc2ccc(N3CCCC3=O)cc2)c2ccccc2)cc1. The van der Waals surface area contributed by atoms with Gasteiger partial charge < -0.3 is 15.0 Å². The first-order chi connectivity index (χ1) is 16.4. The van der Waals surface area contributed by atoms with Crippen LogP contribution in [0.3, 0.4) is 0 Å². The number of benzene rings is 3. The number of sulfonamides is 1. The van der Waals surface area contributed by atoms with Gasteiger partial charge in [0, 0.05) is 24.3 Å². The van der Waals surface area contributed by atoms with E-state index < -0.39 is 22.5 Å². The van der Waals surface area contributed by atoms with Crippen LogP contribution in [0.25, 0.3) is 0 Å². The average Bonchev–Trinajstić information content (AvgIpc) is 3.29. The van der Waals surface area contributed by atoms with Crippen LogP contribution in [0.4, 0.5) is 17.1 Å². The number of methoxy groups -OCH3 is 1. The van der Waals surface area contributed by atoms with Gasteiger partial charge in [0.1, 0.15) is 12.3 Å². The third-order valence-corrected chi connectivity index (χ3v) is 7.30. The van der Waals surface area contributed by atoms with Crippen molar-refractivity contribution in [1.29, 1.82) is 0 Å². The van der Waals surface area contributed by atoms with Gasteiger partial charge in [-0.2, -0.15) is 0 Å². The maximum Gasteiger partial charge on any atom is 0.264 e. The number of carbonyl (C=O) groups excluding carboxylic acids is 2. The zero-order valence-electron chi connectivity index (χ0n) is 18.7. The summed E-state index contributed by atoms with van der Waals surface area (Å²) in [5.41, 5.74) is 1.65. The maximum absolute atomic E-state index is 13.4. The van der Waals surface area contributed by atoms with Crippen molar-refractivity contribution >= 4 is 38.9 Å². The van der Waals surface area contributed by atoms with E-state index in [1.165, 1.54) is 19.2 Å². The molecule has 176 valence electrons. The first kappa shape index (κ1) is 23.3. The summed E-state index contributed by atoms with van der Waals surface area (Å²) in [5, 5.41) is 2.74. The summed E-state index contributed by atoms with van der Waals surface area (Å²) >= 11 is 0. The number of nitrogens with zero attached hydrogens (tertiary/aromatic N) is 2. The van der Waals surface area contributed by atoms with Gasteiger partial charge in [-0.3, -0.25) is 13.9 Å². The van der Waals surface area contributed by atoms with Crippen molar-refractivity contribution in [1.82, 2.24) is 0 Å². The largest absolute Gasteiger partial charge is 0.497 e. The first-order valence-corrected chi connectivity index (χ1v) is 12.2. The number of ether oxygens (including phenoxy) is 1. The summed E-state index contributed by atoms with van der Waals surface area (Å²) in [6.07, 6.45) is 1.37. The van der Waals surface area contributed by atoms with Crippen LogP contribution in [-0.4, -0.2) is 40.4 Å². The molecule has 1 aliphatic rings. The second-order valence-corrected chi connectivity index (χ2v) is 9.63. The van der Waals surface area contributed by atoms with Crippen LogP contribution in [0.1, 0.15) is 12.8 Å². The van der Waals surface area contributed by atoms with Crippen molar-refractivity contribution in [3.8, 4) is 5.75 Å². The van der Waals surface area contributed by atoms with Crippen LogP contribution < -0.4 is 19.3 Å². The quantitative estimate of drug-likeness (QED) is 0.532. The molecule has 1 aliphatic heterocycles. The lowest BCUT2D eigenvalue weighted by Crippen LogP contribution is -2.38. The smallest absolute Gasteiger partial charge is 0.264 e. The van der Waals surface area contributed by atoms with E-state index >= 15 is 0 Å². The summed E-state index contributed by atoms with van der Waals surface area (Å²) < 4.78 is 33.0. The van der Waals surface area contributed by atoms with Crippen molar-refractivity contribution in [3.05, 3.63) is 78.9 Å². The summed E-state index contributed by atoms with van der Waals surface area (Å²) in [4.78, 5) is 26.6. The minimum Gasteiger partial charge on any atom is -0.497 e. The molecule has 4 rings (SSSR count). The molecule has 0 bridgehead atoms. The Balaban J connectivity index is 1.53. The second-order valence-electron chi connectivity index (χ2n) is 7.77. The molecule has 9 heteroatoms. The maximum atomic E-state index is 13.4. The van der Waals surface area contributed by atoms with Crippen LogP contribution in [0.5, 0.6) is 5.75 Å². The molecule has 8 nitrogen and oxygen atoms in total. The van der Waals surface area contributed by atoms with E-state index in [1.54, 1.807) is 71.6 Å². The highest BCUT2D eigenvalue weighted by molar-refractivity contribution is 7.92. The summed E-state index contributed by atoms with van der Waals surface area (Å²) in [6.45, 7) is 0.268. The Morgan fingerprint density at radius 1 is 1.00 bits per heavy atom. The highest BCUT2D eigenvalue weighted by Crippen LogP contribution is 2.26. The molecule has 0 aromatic heterocycles. The van der Waals surface area contributed by atoms with Crippen molar-refractivity contribution < 1.29 is 22.7 Å². The van der Waals surface area contributed by atoms with Crippen molar-refractivity contribution in [2.75, 3.05) is 34.7 Å². The predicted molar refractivity (Wildman–Crippen MR) is 131 cm³/mol. The summed E-state index contributed by atoms with van der Waals surface area (Å²) in [7, 11) is -2.52. The molecule has 3 aromatic carbocycles. The minimum atomic E-state index is -4.02. The molecule has 0 unspecified atom stereocenters. The first-order valence-electron chi connectivity index (χ1n) is 10.8. The molecule has 1 heterocycles. The minimum absolute atomic E-state index is 0.0459. The molecule has 2 amide bonds. The van der Waals surface area contributed by atoms with E-state index in [1.807, 2.05) is 0 Å². The van der Waals surface area contributed by atoms with E-state index in [0.29, 0.717) is 30.1 Å². The van der Waals surface area contributed by atoms with E-state index in [-0.39, 0.29) is 10.8 Å². The number of carbonyl (C=O) groups is 2. The lowest BCUT2D eigenvalue weighted by Gasteiger charge is -2.24. The monoisotopic (exact) mass is 479 g/mol. The fraction of sp³-hybridized carbons (Fsp3) is 0.200. The van der Waals surface area contributed by atoms with Gasteiger partial charge in [-0.05, 0) is 67.1 Å². The molecule has 0 spiro atoms. The Morgan fingerprint density at radius 3 is 2.26 bits per heavy atom. The van der Waals surface area contributed by atoms with Gasteiger partial charge in [0.15, 0.2) is 0 Å². The summed E-state index contributed by atoms with van der Waals surface area (Å²) in [5.74, 6) is 0.118. The van der Waals surface area contributed by atoms with Crippen molar-refractivity contribution in [2.24, 2.45) is 0 Å². The number of anilines is 3. The molecule has 0 aliphatic carbocycles. The van der Waals surface area contributed by atoms with Gasteiger partial charge >= 0.3 is 0 Å². The molecular formula is C25H25N3O5S. The zero-order chi connectivity index (χ0) is 24.1. The number of para-hydroxylation sites is 1. The zero-order valence-corrected chi connectivity index (χ0v) is 19.5. The normalized spacial score (nSPS) is 13.6. The average molecular weight is 480 g/mol. The van der Waals surface area contributed by atoms with Gasteiger partial charge in [0.2, 0.25) is 11.8 Å². The van der Waals surface area contributed by atoms with Gasteiger partial charge in [-0.1, -0.05) is 18.2 Å². The molecule has 0 saturated carbocycles. The van der Waals surface area contributed by atoms with Crippen molar-refractivity contribution in [2.45, 2.75) is 17.7 Å². The van der Waals surface area contributed by atoms with Gasteiger partial charge in [0.05, 0.1) is 17.7 Å². The Labute approximate surface area is 198 Å². The lowest BCUT2D eigenvalue weighted by molar-refractivity contribution is -0.117. The number of amides is 2. The third-order valence-electron chi connectivity index (χ3n) is 5.51. The number of hydrogen-bond donors (Lipinski definition) is 1. The van der Waals surface area contributed by atoms with Crippen LogP contribution >= 0.6 is 0 Å². The molecule has 34 heavy (non-hydrogen) atoms. The van der Waals surface area contributed by atoms with E-state index in [0.717, 1.165) is 16.4 Å². The number of hydrogen-bond acceptors (Lipinski definition) is 5. The van der Waals surface area contributed by atoms with Gasteiger partial charge in [-0.25, -0.2) is 8.42 Å². The molecular weight excluding hydrogens is 454 g/mol. The number of rotatable bonds is 8. The standard InChI is InChI=1S/C25H25N3O5S/c1-33-22-13-15-23(16-14-22)34(31,32)28(21-6-3-2-4-7-21)18-24(29)26-19-9-11-20(12-10-19)27-17-5-8-25(27)30/h2-4,6-7,9-16H,5,8,17-18H2,1H3,(H,26,29). The van der Waals surface area contributed by atoms with E-state index in [2.05, 4.69) is 5.32 Å². The Bertz CT molecular complexity index is 1260. The molecule has 0 atom stereocenters. The molecule has 0 radical (unpaired) electrons. The predicted octanol–water partition coefficient (Wildman–Crippen LogP) is 3.66. The van der Waals surface area contributed by atoms with Gasteiger partial charge in [-0.15, -0.1) is 0 Å². The van der Waals surface area contributed by atoms with Gasteiger partial charge in [0.25, 0.3) is 10.0 Å². The summed E-state index contributed by atoms with van der Waals surface area (Å²) in [6, 6.07) is 21.4. The lowest BCUT2D eigenvalue weighted by atomic mass is 10.2. The molecule has 1 N–H and O–H groups in total. The van der Waals surface area contributed by atoms with E-state index in [4.69, 9.17) is 4.74 Å². The molecule has 3 aromatic rings. The van der Waals surface area contributed by atoms with Crippen LogP contribution in [-0.2, 0) is 19.6 Å². The van der Waals surface area contributed by atoms with Crippen LogP contribution in [0, 0.1) is 0 Å². The topological polar surface area (TPSA) is 96.0 Å². The molecule has 1 fully saturated rings. The number of nitrogens with one attached hydrogen (secondary N) is 1. The second kappa shape index (κ2) is 9.96. The fourth-order valence-corrected chi connectivity index (χ4v) is 5.18. The van der Waals surface area contributed by atoms with E-state index in [9.17, 15) is 18.0 Å². The fourth-order valence-electron chi connectivity index (χ4n) is 3.76. The van der Waals surface area contributed by atoms with Crippen LogP contribution in [0.15, 0.2) is 83.8 Å². The highest BCUT2D eigenvalue weighted by atomic mass is 32.2. The highest BCUT2D eigenvalue weighted by Gasteiger charge is 2.27. The van der Waals surface area contributed by atoms with Crippen LogP contribution in [0.2, 0.25) is 0 Å². The van der Waals surface area contributed by atoms with Crippen molar-refractivity contribution in [3.63, 3.8) is 0 Å². The Kier molecular flexibility index (Phi) is 6.83. The molecule has 1 saturated heterocycles. The Morgan fingerprint density at radius 2 is 1.68 bits per heavy atom. The Hall–Kier alpha value is -3.85.